The van der Waals surface area contributed by atoms with E-state index in [0.717, 1.165) is 10.8 Å². The van der Waals surface area contributed by atoms with Crippen molar-refractivity contribution in [2.45, 2.75) is 13.5 Å². The molecule has 0 aliphatic heterocycles. The number of aromatic nitrogens is 2. The van der Waals surface area contributed by atoms with Gasteiger partial charge in [-0.15, -0.1) is 0 Å². The summed E-state index contributed by atoms with van der Waals surface area (Å²) in [5.74, 6) is -1.60. The van der Waals surface area contributed by atoms with Crippen LogP contribution in [-0.4, -0.2) is 22.6 Å². The molecule has 0 spiro atoms. The lowest BCUT2D eigenvalue weighted by atomic mass is 10.3. The lowest BCUT2D eigenvalue weighted by Crippen LogP contribution is -2.31. The minimum atomic E-state index is -1.07. The molecule has 1 aromatic heterocycles. The Balaban J connectivity index is 2.98. The van der Waals surface area contributed by atoms with E-state index in [2.05, 4.69) is 4.74 Å². The van der Waals surface area contributed by atoms with E-state index in [1.54, 1.807) is 4.98 Å². The van der Waals surface area contributed by atoms with Crippen molar-refractivity contribution < 1.29 is 13.9 Å². The molecule has 7 heteroatoms. The summed E-state index contributed by atoms with van der Waals surface area (Å²) in [7, 11) is 1.23. The number of nitrogens with zero attached hydrogens (tertiary/aromatic N) is 1. The van der Waals surface area contributed by atoms with E-state index in [1.165, 1.54) is 20.1 Å². The van der Waals surface area contributed by atoms with Gasteiger partial charge in [0.1, 0.15) is 0 Å². The Hall–Kier alpha value is -2.18. The summed E-state index contributed by atoms with van der Waals surface area (Å²) in [6.07, 6.45) is 2.17. The van der Waals surface area contributed by atoms with Crippen LogP contribution < -0.4 is 11.2 Å². The van der Waals surface area contributed by atoms with Crippen LogP contribution in [0.4, 0.5) is 4.39 Å². The maximum Gasteiger partial charge on any atom is 0.333 e. The molecule has 0 radical (unpaired) electrons. The van der Waals surface area contributed by atoms with E-state index in [-0.39, 0.29) is 12.1 Å². The Labute approximate surface area is 95.3 Å². The average Bonchev–Trinajstić information content (AvgIpc) is 2.30. The van der Waals surface area contributed by atoms with Gasteiger partial charge in [0.2, 0.25) is 5.82 Å². The van der Waals surface area contributed by atoms with Crippen molar-refractivity contribution >= 4 is 5.97 Å². The van der Waals surface area contributed by atoms with Crippen molar-refractivity contribution in [1.82, 2.24) is 9.55 Å². The highest BCUT2D eigenvalue weighted by Gasteiger charge is 2.05. The molecular formula is C10H11FN2O4. The van der Waals surface area contributed by atoms with Gasteiger partial charge in [-0.05, 0) is 6.92 Å². The SMILES string of the molecule is COC(=O)C(C)=CCn1cc(F)c(=O)[nH]c1=O. The summed E-state index contributed by atoms with van der Waals surface area (Å²) in [5, 5.41) is 0. The number of carbonyl (C=O) groups is 1. The van der Waals surface area contributed by atoms with E-state index in [1.807, 2.05) is 0 Å². The number of esters is 1. The third kappa shape index (κ3) is 3.13. The van der Waals surface area contributed by atoms with E-state index in [4.69, 9.17) is 0 Å². The van der Waals surface area contributed by atoms with Gasteiger partial charge in [-0.1, -0.05) is 6.08 Å². The minimum absolute atomic E-state index is 0.0343. The second-order valence-electron chi connectivity index (χ2n) is 3.27. The molecule has 0 amide bonds. The largest absolute Gasteiger partial charge is 0.466 e. The highest BCUT2D eigenvalue weighted by Crippen LogP contribution is 1.96. The molecular weight excluding hydrogens is 231 g/mol. The summed E-state index contributed by atoms with van der Waals surface area (Å²) in [6, 6.07) is 0. The lowest BCUT2D eigenvalue weighted by Gasteiger charge is -2.02. The Morgan fingerprint density at radius 3 is 2.82 bits per heavy atom. The molecule has 0 saturated heterocycles. The second kappa shape index (κ2) is 5.24. The van der Waals surface area contributed by atoms with E-state index in [0.29, 0.717) is 0 Å². The van der Waals surface area contributed by atoms with Gasteiger partial charge < -0.3 is 4.74 Å². The number of hydrogen-bond donors (Lipinski definition) is 1. The van der Waals surface area contributed by atoms with Crippen LogP contribution in [0.15, 0.2) is 27.4 Å². The molecule has 0 saturated carbocycles. The number of methoxy groups -OCH3 is 1. The topological polar surface area (TPSA) is 81.2 Å². The molecule has 0 aliphatic rings. The third-order valence-corrected chi connectivity index (χ3v) is 2.07. The zero-order valence-electron chi connectivity index (χ0n) is 9.32. The first-order valence-corrected chi connectivity index (χ1v) is 4.70. The quantitative estimate of drug-likeness (QED) is 0.587. The predicted molar refractivity (Wildman–Crippen MR) is 57.1 cm³/mol. The second-order valence-corrected chi connectivity index (χ2v) is 3.27. The fourth-order valence-corrected chi connectivity index (χ4v) is 1.10. The van der Waals surface area contributed by atoms with Crippen LogP contribution >= 0.6 is 0 Å². The molecule has 1 N–H and O–H groups in total. The summed E-state index contributed by atoms with van der Waals surface area (Å²) in [6.45, 7) is 1.46. The predicted octanol–water partition coefficient (Wildman–Crippen LogP) is -0.205. The van der Waals surface area contributed by atoms with Crippen LogP contribution in [-0.2, 0) is 16.1 Å². The molecule has 1 heterocycles. The number of ether oxygens (including phenoxy) is 1. The maximum atomic E-state index is 12.9. The van der Waals surface area contributed by atoms with Gasteiger partial charge in [-0.3, -0.25) is 14.3 Å². The number of allylic oxidation sites excluding steroid dienone is 1. The number of nitrogens with one attached hydrogen (secondary N) is 1. The molecule has 0 atom stereocenters. The Kier molecular flexibility index (Phi) is 3.97. The molecule has 17 heavy (non-hydrogen) atoms. The molecule has 0 aliphatic carbocycles. The average molecular weight is 242 g/mol. The van der Waals surface area contributed by atoms with E-state index < -0.39 is 23.0 Å². The molecule has 0 aromatic carbocycles. The highest BCUT2D eigenvalue weighted by atomic mass is 19.1. The van der Waals surface area contributed by atoms with Crippen molar-refractivity contribution in [3.63, 3.8) is 0 Å². The molecule has 92 valence electrons. The molecule has 0 bridgehead atoms. The van der Waals surface area contributed by atoms with Crippen molar-refractivity contribution in [3.8, 4) is 0 Å². The fourth-order valence-electron chi connectivity index (χ4n) is 1.10. The van der Waals surface area contributed by atoms with Crippen LogP contribution in [0.2, 0.25) is 0 Å². The number of hydrogen-bond acceptors (Lipinski definition) is 4. The van der Waals surface area contributed by atoms with Crippen LogP contribution in [0.25, 0.3) is 0 Å². The first-order chi connectivity index (χ1) is 7.95. The third-order valence-electron chi connectivity index (χ3n) is 2.07. The lowest BCUT2D eigenvalue weighted by molar-refractivity contribution is -0.136. The molecule has 1 rings (SSSR count). The Bertz CT molecular complexity index is 570. The Morgan fingerprint density at radius 1 is 1.59 bits per heavy atom. The molecule has 1 aromatic rings. The van der Waals surface area contributed by atoms with Crippen molar-refractivity contribution in [1.29, 1.82) is 0 Å². The van der Waals surface area contributed by atoms with Crippen molar-refractivity contribution in [3.05, 3.63) is 44.5 Å². The van der Waals surface area contributed by atoms with Crippen LogP contribution in [0.3, 0.4) is 0 Å². The summed E-state index contributed by atoms with van der Waals surface area (Å²) in [5.41, 5.74) is -1.53. The number of carbonyl (C=O) groups excluding carboxylic acids is 1. The normalized spacial score (nSPS) is 11.4. The van der Waals surface area contributed by atoms with Gasteiger partial charge >= 0.3 is 11.7 Å². The monoisotopic (exact) mass is 242 g/mol. The van der Waals surface area contributed by atoms with Crippen LogP contribution in [0.1, 0.15) is 6.92 Å². The Morgan fingerprint density at radius 2 is 2.24 bits per heavy atom. The highest BCUT2D eigenvalue weighted by molar-refractivity contribution is 5.87. The van der Waals surface area contributed by atoms with Gasteiger partial charge in [0.15, 0.2) is 0 Å². The minimum Gasteiger partial charge on any atom is -0.466 e. The summed E-state index contributed by atoms with van der Waals surface area (Å²) < 4.78 is 18.3. The molecule has 6 nitrogen and oxygen atoms in total. The van der Waals surface area contributed by atoms with Gasteiger partial charge in [0, 0.05) is 12.1 Å². The van der Waals surface area contributed by atoms with E-state index >= 15 is 0 Å². The summed E-state index contributed by atoms with van der Waals surface area (Å²) >= 11 is 0. The first kappa shape index (κ1) is 12.9. The van der Waals surface area contributed by atoms with Gasteiger partial charge in [-0.25, -0.2) is 9.59 Å². The standard InChI is InChI=1S/C10H11FN2O4/c1-6(9(15)17-2)3-4-13-5-7(11)8(14)12-10(13)16/h3,5H,4H2,1-2H3,(H,12,14,16). The molecule has 0 fully saturated rings. The number of halogens is 1. The number of H-pyrrole nitrogens is 1. The first-order valence-electron chi connectivity index (χ1n) is 4.70. The van der Waals surface area contributed by atoms with Gasteiger partial charge in [0.05, 0.1) is 13.3 Å². The van der Waals surface area contributed by atoms with Crippen molar-refractivity contribution in [2.75, 3.05) is 7.11 Å². The van der Waals surface area contributed by atoms with Gasteiger partial charge in [-0.2, -0.15) is 4.39 Å². The van der Waals surface area contributed by atoms with Crippen LogP contribution in [0, 0.1) is 5.82 Å². The maximum absolute atomic E-state index is 12.9. The molecule has 0 unspecified atom stereocenters. The van der Waals surface area contributed by atoms with E-state index in [9.17, 15) is 18.8 Å². The van der Waals surface area contributed by atoms with Gasteiger partial charge in [0.25, 0.3) is 5.56 Å². The summed E-state index contributed by atoms with van der Waals surface area (Å²) in [4.78, 5) is 34.8. The van der Waals surface area contributed by atoms with Crippen LogP contribution in [0.5, 0.6) is 0 Å². The van der Waals surface area contributed by atoms with Crippen molar-refractivity contribution in [2.24, 2.45) is 0 Å². The fraction of sp³-hybridized carbons (Fsp3) is 0.300. The zero-order valence-corrected chi connectivity index (χ0v) is 9.32. The zero-order chi connectivity index (χ0) is 13.0. The number of aromatic amines is 1. The number of rotatable bonds is 3. The smallest absolute Gasteiger partial charge is 0.333 e.